The molecule has 2 amide bonds. The number of amides is 2. The van der Waals surface area contributed by atoms with Crippen LogP contribution in [0.3, 0.4) is 0 Å². The predicted octanol–water partition coefficient (Wildman–Crippen LogP) is 4.50. The molecule has 0 radical (unpaired) electrons. The van der Waals surface area contributed by atoms with Crippen LogP contribution < -0.4 is 0 Å². The lowest BCUT2D eigenvalue weighted by Crippen LogP contribution is -2.40. The maximum atomic E-state index is 13.6. The van der Waals surface area contributed by atoms with Crippen molar-refractivity contribution < 1.29 is 18.7 Å². The van der Waals surface area contributed by atoms with Crippen LogP contribution in [0, 0.1) is 17.7 Å². The first kappa shape index (κ1) is 25.5. The summed E-state index contributed by atoms with van der Waals surface area (Å²) >= 11 is 0. The quantitative estimate of drug-likeness (QED) is 0.470. The Morgan fingerprint density at radius 2 is 1.76 bits per heavy atom. The number of hydrogen-bond acceptors (Lipinski definition) is 5. The van der Waals surface area contributed by atoms with Crippen LogP contribution in [-0.4, -0.2) is 61.3 Å². The molecule has 38 heavy (non-hydrogen) atoms. The van der Waals surface area contributed by atoms with Gasteiger partial charge in [-0.2, -0.15) is 5.10 Å². The lowest BCUT2D eigenvalue weighted by Gasteiger charge is -2.27. The van der Waals surface area contributed by atoms with Crippen LogP contribution in [0.25, 0.3) is 22.4 Å². The van der Waals surface area contributed by atoms with Crippen LogP contribution in [0.1, 0.15) is 39.3 Å². The summed E-state index contributed by atoms with van der Waals surface area (Å²) in [5.41, 5.74) is 3.61. The van der Waals surface area contributed by atoms with E-state index < -0.39 is 11.7 Å². The molecule has 0 N–H and O–H groups in total. The number of halogens is 1. The van der Waals surface area contributed by atoms with Crippen LogP contribution in [0.4, 0.5) is 9.18 Å². The number of carbonyl (C=O) groups is 2. The normalized spacial score (nSPS) is 17.0. The summed E-state index contributed by atoms with van der Waals surface area (Å²) in [6.45, 7) is 7.35. The minimum Gasteiger partial charge on any atom is -0.444 e. The van der Waals surface area contributed by atoms with Gasteiger partial charge < -0.3 is 9.64 Å². The number of aromatic nitrogens is 3. The number of fused-ring (bicyclic) bond motifs is 1. The molecule has 5 rings (SSSR count). The molecule has 1 unspecified atom stereocenters. The van der Waals surface area contributed by atoms with Crippen LogP contribution in [-0.2, 0) is 22.6 Å². The third-order valence-corrected chi connectivity index (χ3v) is 6.58. The number of rotatable bonds is 2. The van der Waals surface area contributed by atoms with Gasteiger partial charge in [0.05, 0.1) is 24.8 Å². The molecule has 0 bridgehead atoms. The molecule has 1 aromatic carbocycles. The van der Waals surface area contributed by atoms with Gasteiger partial charge in [-0.15, -0.1) is 0 Å². The average Bonchev–Trinajstić information content (AvgIpc) is 3.51. The Morgan fingerprint density at radius 1 is 1.03 bits per heavy atom. The summed E-state index contributed by atoms with van der Waals surface area (Å²) in [6, 6.07) is 9.70. The Morgan fingerprint density at radius 3 is 2.47 bits per heavy atom. The van der Waals surface area contributed by atoms with Gasteiger partial charge in [0.1, 0.15) is 17.1 Å². The van der Waals surface area contributed by atoms with Crippen molar-refractivity contribution in [2.45, 2.75) is 58.3 Å². The number of benzene rings is 1. The van der Waals surface area contributed by atoms with Gasteiger partial charge in [0.25, 0.3) is 5.91 Å². The molecule has 0 aliphatic carbocycles. The molecule has 2 aromatic heterocycles. The Kier molecular flexibility index (Phi) is 6.89. The second kappa shape index (κ2) is 10.3. The van der Waals surface area contributed by atoms with Crippen LogP contribution in [0.2, 0.25) is 0 Å². The highest BCUT2D eigenvalue weighted by Crippen LogP contribution is 2.36. The van der Waals surface area contributed by atoms with E-state index in [0.717, 1.165) is 34.5 Å². The second-order valence-corrected chi connectivity index (χ2v) is 10.5. The minimum absolute atomic E-state index is 0.294. The third kappa shape index (κ3) is 5.40. The summed E-state index contributed by atoms with van der Waals surface area (Å²) in [4.78, 5) is 33.2. The molecular formula is C29H30FN5O3. The summed E-state index contributed by atoms with van der Waals surface area (Å²) in [5, 5.41) is 4.83. The van der Waals surface area contributed by atoms with Crippen molar-refractivity contribution in [2.75, 3.05) is 13.1 Å². The number of hydrogen-bond donors (Lipinski definition) is 0. The highest BCUT2D eigenvalue weighted by molar-refractivity contribution is 5.94. The van der Waals surface area contributed by atoms with Gasteiger partial charge >= 0.3 is 6.09 Å². The van der Waals surface area contributed by atoms with E-state index in [9.17, 15) is 14.0 Å². The van der Waals surface area contributed by atoms with Crippen molar-refractivity contribution >= 4 is 12.0 Å². The van der Waals surface area contributed by atoms with Gasteiger partial charge in [-0.05, 0) is 81.5 Å². The molecule has 0 spiro atoms. The first-order valence-corrected chi connectivity index (χ1v) is 12.8. The molecule has 3 aromatic rings. The van der Waals surface area contributed by atoms with E-state index in [1.165, 1.54) is 12.1 Å². The highest BCUT2D eigenvalue weighted by Gasteiger charge is 2.32. The largest absolute Gasteiger partial charge is 0.444 e. The zero-order valence-electron chi connectivity index (χ0n) is 21.8. The van der Waals surface area contributed by atoms with Gasteiger partial charge in [-0.25, -0.2) is 9.18 Å². The molecule has 2 aliphatic rings. The Bertz CT molecular complexity index is 1400. The number of ether oxygens (including phenoxy) is 1. The van der Waals surface area contributed by atoms with Crippen molar-refractivity contribution in [3.63, 3.8) is 0 Å². The van der Waals surface area contributed by atoms with Gasteiger partial charge in [0.2, 0.25) is 0 Å². The third-order valence-electron chi connectivity index (χ3n) is 6.58. The molecule has 1 saturated heterocycles. The van der Waals surface area contributed by atoms with Crippen molar-refractivity contribution in [2.24, 2.45) is 0 Å². The van der Waals surface area contributed by atoms with Crippen molar-refractivity contribution in [1.82, 2.24) is 24.6 Å². The fraction of sp³-hybridized carbons (Fsp3) is 0.379. The molecule has 8 nitrogen and oxygen atoms in total. The Labute approximate surface area is 221 Å². The monoisotopic (exact) mass is 515 g/mol. The molecule has 9 heteroatoms. The maximum absolute atomic E-state index is 13.6. The molecule has 196 valence electrons. The summed E-state index contributed by atoms with van der Waals surface area (Å²) in [7, 11) is 0. The van der Waals surface area contributed by atoms with Crippen molar-refractivity contribution in [1.29, 1.82) is 0 Å². The fourth-order valence-electron chi connectivity index (χ4n) is 4.80. The molecule has 2 aliphatic heterocycles. The van der Waals surface area contributed by atoms with E-state index >= 15 is 0 Å². The first-order valence-electron chi connectivity index (χ1n) is 12.8. The van der Waals surface area contributed by atoms with E-state index in [-0.39, 0.29) is 17.8 Å². The number of carbonyl (C=O) groups excluding carboxylic acids is 2. The average molecular weight is 516 g/mol. The van der Waals surface area contributed by atoms with Gasteiger partial charge in [0.15, 0.2) is 0 Å². The minimum atomic E-state index is -0.594. The Hall–Kier alpha value is -4.19. The van der Waals surface area contributed by atoms with E-state index in [0.29, 0.717) is 32.6 Å². The van der Waals surface area contributed by atoms with Gasteiger partial charge in [-0.3, -0.25) is 19.4 Å². The predicted molar refractivity (Wildman–Crippen MR) is 140 cm³/mol. The van der Waals surface area contributed by atoms with Crippen molar-refractivity contribution in [3.05, 3.63) is 60.3 Å². The molecule has 0 saturated carbocycles. The molecule has 4 heterocycles. The summed E-state index contributed by atoms with van der Waals surface area (Å²) in [6.07, 6.45) is 4.54. The summed E-state index contributed by atoms with van der Waals surface area (Å²) in [5.74, 6) is 5.19. The van der Waals surface area contributed by atoms with E-state index in [1.54, 1.807) is 34.3 Å². The number of nitrogens with zero attached hydrogens (tertiary/aromatic N) is 5. The van der Waals surface area contributed by atoms with Crippen LogP contribution in [0.15, 0.2) is 48.8 Å². The highest BCUT2D eigenvalue weighted by atomic mass is 19.1. The van der Waals surface area contributed by atoms with Crippen LogP contribution >= 0.6 is 0 Å². The summed E-state index contributed by atoms with van der Waals surface area (Å²) < 4.78 is 21.0. The topological polar surface area (TPSA) is 80.6 Å². The molecule has 1 atom stereocenters. The zero-order chi connectivity index (χ0) is 26.9. The SMILES string of the molecule is CC(C)(C)OC(=O)N1CCCC1C#CC(=O)N1CCn2nc(-c3ccc(F)cc3)c(-c3ccncc3)c2C1. The van der Waals surface area contributed by atoms with Crippen molar-refractivity contribution in [3.8, 4) is 34.2 Å². The smallest absolute Gasteiger partial charge is 0.411 e. The molecule has 1 fully saturated rings. The Balaban J connectivity index is 1.39. The second-order valence-electron chi connectivity index (χ2n) is 10.5. The number of pyridine rings is 1. The van der Waals surface area contributed by atoms with E-state index in [4.69, 9.17) is 9.84 Å². The number of likely N-dealkylation sites (tertiary alicyclic amines) is 1. The lowest BCUT2D eigenvalue weighted by atomic mass is 9.99. The first-order chi connectivity index (χ1) is 18.2. The lowest BCUT2D eigenvalue weighted by molar-refractivity contribution is -0.126. The zero-order valence-corrected chi connectivity index (χ0v) is 21.8. The fourth-order valence-corrected chi connectivity index (χ4v) is 4.80. The van der Waals surface area contributed by atoms with E-state index in [1.807, 2.05) is 37.6 Å². The standard InChI is InChI=1S/C29H30FN5O3/c1-29(2,3)38-28(37)34-16-4-5-23(34)10-11-25(36)33-17-18-35-24(19-33)26(20-12-14-31-15-13-20)27(32-35)21-6-8-22(30)9-7-21/h6-9,12-15,23H,4-5,16-19H2,1-3H3. The van der Waals surface area contributed by atoms with Crippen LogP contribution in [0.5, 0.6) is 0 Å². The van der Waals surface area contributed by atoms with Gasteiger partial charge in [-0.1, -0.05) is 5.92 Å². The maximum Gasteiger partial charge on any atom is 0.411 e. The van der Waals surface area contributed by atoms with E-state index in [2.05, 4.69) is 16.8 Å². The molecular weight excluding hydrogens is 485 g/mol. The van der Waals surface area contributed by atoms with Gasteiger partial charge in [0, 0.05) is 36.6 Å².